The molecule has 0 saturated carbocycles. The van der Waals surface area contributed by atoms with E-state index in [1.807, 2.05) is 0 Å². The molecule has 0 aliphatic carbocycles. The van der Waals surface area contributed by atoms with Crippen molar-refractivity contribution in [3.8, 4) is 5.75 Å². The Morgan fingerprint density at radius 1 is 1.41 bits per heavy atom. The number of phenols is 1. The van der Waals surface area contributed by atoms with Crippen molar-refractivity contribution >= 4 is 35.0 Å². The van der Waals surface area contributed by atoms with E-state index >= 15 is 0 Å². The highest BCUT2D eigenvalue weighted by molar-refractivity contribution is 6.42. The zero-order valence-electron chi connectivity index (χ0n) is 14.9. The molecule has 3 atom stereocenters. The van der Waals surface area contributed by atoms with Crippen molar-refractivity contribution in [1.82, 2.24) is 9.80 Å². The zero-order valence-corrected chi connectivity index (χ0v) is 16.4. The third-order valence-corrected chi connectivity index (χ3v) is 6.05. The number of phenolic OH excluding ortho intramolecular Hbond substituents is 1. The number of piperidine rings is 1. The van der Waals surface area contributed by atoms with E-state index < -0.39 is 12.0 Å². The summed E-state index contributed by atoms with van der Waals surface area (Å²) >= 11 is 12.4. The van der Waals surface area contributed by atoms with Gasteiger partial charge in [-0.15, -0.1) is 0 Å². The maximum atomic E-state index is 12.5. The smallest absolute Gasteiger partial charge is 0.254 e. The summed E-state index contributed by atoms with van der Waals surface area (Å²) < 4.78 is 4.81. The third kappa shape index (κ3) is 4.01. The fourth-order valence-electron chi connectivity index (χ4n) is 3.94. The molecular weight excluding hydrogens is 395 g/mol. The number of aliphatic hydroxyl groups excluding tert-OH is 1. The second-order valence-corrected chi connectivity index (χ2v) is 7.73. The third-order valence-electron chi connectivity index (χ3n) is 5.23. The van der Waals surface area contributed by atoms with Crippen LogP contribution < -0.4 is 0 Å². The van der Waals surface area contributed by atoms with E-state index in [-0.39, 0.29) is 36.8 Å². The van der Waals surface area contributed by atoms with Crippen LogP contribution in [0.3, 0.4) is 0 Å². The SMILES string of the molecule is COC[C@H](O)C(=O)N1CC(=O)N2CC[C@@H](c3c(O)ccc(Cl)c3Cl)C[C@H]2C1. The molecule has 0 aromatic heterocycles. The highest BCUT2D eigenvalue weighted by Crippen LogP contribution is 2.43. The molecular formula is C18H22Cl2N2O5. The minimum absolute atomic E-state index is 0.0516. The van der Waals surface area contributed by atoms with Crippen LogP contribution in [0.15, 0.2) is 12.1 Å². The van der Waals surface area contributed by atoms with Gasteiger partial charge in [0.1, 0.15) is 5.75 Å². The van der Waals surface area contributed by atoms with Crippen molar-refractivity contribution in [1.29, 1.82) is 0 Å². The van der Waals surface area contributed by atoms with Gasteiger partial charge in [-0.1, -0.05) is 23.2 Å². The number of rotatable bonds is 4. The summed E-state index contributed by atoms with van der Waals surface area (Å²) in [6.45, 7) is 0.663. The first-order chi connectivity index (χ1) is 12.8. The molecule has 0 unspecified atom stereocenters. The lowest BCUT2D eigenvalue weighted by Crippen LogP contribution is -2.61. The summed E-state index contributed by atoms with van der Waals surface area (Å²) in [5.74, 6) is -0.669. The zero-order chi connectivity index (χ0) is 19.7. The number of aromatic hydroxyl groups is 1. The van der Waals surface area contributed by atoms with Gasteiger partial charge in [0.15, 0.2) is 6.10 Å². The molecule has 2 aliphatic rings. The second-order valence-electron chi connectivity index (χ2n) is 6.95. The second kappa shape index (κ2) is 8.22. The van der Waals surface area contributed by atoms with Gasteiger partial charge in [0.25, 0.3) is 5.91 Å². The van der Waals surface area contributed by atoms with Crippen LogP contribution >= 0.6 is 23.2 Å². The van der Waals surface area contributed by atoms with Crippen molar-refractivity contribution in [2.45, 2.75) is 30.9 Å². The average molecular weight is 417 g/mol. The van der Waals surface area contributed by atoms with Gasteiger partial charge in [0, 0.05) is 31.8 Å². The molecule has 7 nitrogen and oxygen atoms in total. The predicted molar refractivity (Wildman–Crippen MR) is 100 cm³/mol. The summed E-state index contributed by atoms with van der Waals surface area (Å²) in [4.78, 5) is 28.0. The number of piperazine rings is 1. The van der Waals surface area contributed by atoms with Gasteiger partial charge < -0.3 is 24.7 Å². The molecule has 27 heavy (non-hydrogen) atoms. The lowest BCUT2D eigenvalue weighted by molar-refractivity contribution is -0.156. The number of carbonyl (C=O) groups is 2. The van der Waals surface area contributed by atoms with Gasteiger partial charge in [-0.25, -0.2) is 0 Å². The highest BCUT2D eigenvalue weighted by atomic mass is 35.5. The molecule has 3 rings (SSSR count). The number of hydrogen-bond donors (Lipinski definition) is 2. The van der Waals surface area contributed by atoms with Gasteiger partial charge in [-0.2, -0.15) is 0 Å². The fourth-order valence-corrected chi connectivity index (χ4v) is 4.42. The number of carbonyl (C=O) groups excluding carboxylic acids is 2. The van der Waals surface area contributed by atoms with E-state index in [4.69, 9.17) is 27.9 Å². The lowest BCUT2D eigenvalue weighted by Gasteiger charge is -2.46. The Balaban J connectivity index is 1.78. The Hall–Kier alpha value is -1.54. The van der Waals surface area contributed by atoms with Crippen molar-refractivity contribution in [2.24, 2.45) is 0 Å². The summed E-state index contributed by atoms with van der Waals surface area (Å²) in [7, 11) is 1.40. The first-order valence-electron chi connectivity index (χ1n) is 8.75. The summed E-state index contributed by atoms with van der Waals surface area (Å²) in [5, 5.41) is 20.8. The molecule has 9 heteroatoms. The molecule has 0 spiro atoms. The quantitative estimate of drug-likeness (QED) is 0.777. The van der Waals surface area contributed by atoms with Crippen LogP contribution in [0.4, 0.5) is 0 Å². The van der Waals surface area contributed by atoms with Crippen LogP contribution in [0.1, 0.15) is 24.3 Å². The van der Waals surface area contributed by atoms with Crippen LogP contribution in [0.5, 0.6) is 5.75 Å². The van der Waals surface area contributed by atoms with E-state index in [1.54, 1.807) is 11.0 Å². The summed E-state index contributed by atoms with van der Waals surface area (Å²) in [6.07, 6.45) is -0.0975. The topological polar surface area (TPSA) is 90.3 Å². The minimum Gasteiger partial charge on any atom is -0.508 e. The minimum atomic E-state index is -1.29. The Labute approximate surface area is 167 Å². The fraction of sp³-hybridized carbons (Fsp3) is 0.556. The number of nitrogens with zero attached hydrogens (tertiary/aromatic N) is 2. The van der Waals surface area contributed by atoms with Gasteiger partial charge in [-0.05, 0) is 30.9 Å². The average Bonchev–Trinajstić information content (AvgIpc) is 2.64. The van der Waals surface area contributed by atoms with Gasteiger partial charge in [-0.3, -0.25) is 9.59 Å². The summed E-state index contributed by atoms with van der Waals surface area (Å²) in [5.41, 5.74) is 0.583. The number of methoxy groups -OCH3 is 1. The molecule has 0 radical (unpaired) electrons. The van der Waals surface area contributed by atoms with Crippen molar-refractivity contribution in [3.63, 3.8) is 0 Å². The van der Waals surface area contributed by atoms with E-state index in [2.05, 4.69) is 0 Å². The van der Waals surface area contributed by atoms with E-state index in [1.165, 1.54) is 18.1 Å². The van der Waals surface area contributed by atoms with E-state index in [9.17, 15) is 19.8 Å². The first-order valence-corrected chi connectivity index (χ1v) is 9.51. The molecule has 2 heterocycles. The normalized spacial score (nSPS) is 23.9. The molecule has 2 N–H and O–H groups in total. The number of aliphatic hydroxyl groups is 1. The molecule has 1 aromatic carbocycles. The Morgan fingerprint density at radius 2 is 2.15 bits per heavy atom. The monoisotopic (exact) mass is 416 g/mol. The lowest BCUT2D eigenvalue weighted by atomic mass is 9.83. The molecule has 2 saturated heterocycles. The van der Waals surface area contributed by atoms with Crippen LogP contribution in [0, 0.1) is 0 Å². The molecule has 2 aliphatic heterocycles. The van der Waals surface area contributed by atoms with E-state index in [0.717, 1.165) is 0 Å². The van der Waals surface area contributed by atoms with Gasteiger partial charge in [0.2, 0.25) is 5.91 Å². The Bertz CT molecular complexity index is 745. The first kappa shape index (κ1) is 20.2. The molecule has 2 fully saturated rings. The van der Waals surface area contributed by atoms with Gasteiger partial charge >= 0.3 is 0 Å². The number of ether oxygens (including phenoxy) is 1. The Morgan fingerprint density at radius 3 is 2.85 bits per heavy atom. The van der Waals surface area contributed by atoms with Crippen molar-refractivity contribution in [3.05, 3.63) is 27.7 Å². The number of halogens is 2. The van der Waals surface area contributed by atoms with Crippen molar-refractivity contribution in [2.75, 3.05) is 33.4 Å². The molecule has 148 valence electrons. The predicted octanol–water partition coefficient (Wildman–Crippen LogP) is 1.62. The molecule has 0 bridgehead atoms. The largest absolute Gasteiger partial charge is 0.508 e. The highest BCUT2D eigenvalue weighted by Gasteiger charge is 2.41. The number of hydrogen-bond acceptors (Lipinski definition) is 5. The number of fused-ring (bicyclic) bond motifs is 1. The van der Waals surface area contributed by atoms with Crippen LogP contribution in [-0.2, 0) is 14.3 Å². The van der Waals surface area contributed by atoms with Crippen LogP contribution in [0.25, 0.3) is 0 Å². The maximum Gasteiger partial charge on any atom is 0.254 e. The number of amides is 2. The van der Waals surface area contributed by atoms with E-state index in [0.29, 0.717) is 41.5 Å². The Kier molecular flexibility index (Phi) is 6.15. The molecule has 2 amide bonds. The van der Waals surface area contributed by atoms with Gasteiger partial charge in [0.05, 0.1) is 23.2 Å². The molecule has 1 aromatic rings. The maximum absolute atomic E-state index is 12.5. The number of benzene rings is 1. The van der Waals surface area contributed by atoms with Crippen LogP contribution in [-0.4, -0.2) is 77.3 Å². The van der Waals surface area contributed by atoms with Crippen molar-refractivity contribution < 1.29 is 24.5 Å². The standard InChI is InChI=1S/C18H22Cl2N2O5/c1-27-9-14(24)18(26)21-7-11-6-10(4-5-22(11)15(25)8-21)16-13(23)3-2-12(19)17(16)20/h2-3,10-11,14,23-24H,4-9H2,1H3/t10-,11+,14+/m1/s1. The van der Waals surface area contributed by atoms with Crippen LogP contribution in [0.2, 0.25) is 10.0 Å². The summed E-state index contributed by atoms with van der Waals surface area (Å²) in [6, 6.07) is 2.84.